The molecule has 0 N–H and O–H groups in total. The topological polar surface area (TPSA) is 17.0 Å². The summed E-state index contributed by atoms with van der Waals surface area (Å²) < 4.78 is 2.09. The summed E-state index contributed by atoms with van der Waals surface area (Å²) >= 11 is 0. The van der Waals surface area contributed by atoms with Crippen molar-refractivity contribution in [1.29, 1.82) is 0 Å². The molecule has 76 valence electrons. The van der Waals surface area contributed by atoms with Crippen molar-refractivity contribution in [2.45, 2.75) is 0 Å². The first kappa shape index (κ1) is 9.04. The quantitative estimate of drug-likeness (QED) is 0.560. The summed E-state index contributed by atoms with van der Waals surface area (Å²) in [6, 6.07) is 16.3. The number of hydrogen-bond donors (Lipinski definition) is 0. The Balaban J connectivity index is 2.19. The molecule has 0 aliphatic carbocycles. The largest absolute Gasteiger partial charge is 0.256 e. The van der Waals surface area contributed by atoms with Gasteiger partial charge in [-0.05, 0) is 18.2 Å². The molecule has 3 aromatic heterocycles. The van der Waals surface area contributed by atoms with Gasteiger partial charge in [0.25, 0.3) is 0 Å². The average Bonchev–Trinajstić information content (AvgIpc) is 2.39. The van der Waals surface area contributed by atoms with Crippen molar-refractivity contribution in [3.05, 3.63) is 67.1 Å². The highest BCUT2D eigenvalue weighted by Crippen LogP contribution is 2.15. The minimum atomic E-state index is 1.01. The molecule has 0 aliphatic rings. The third-order valence-corrected chi connectivity index (χ3v) is 2.60. The van der Waals surface area contributed by atoms with E-state index in [1.54, 1.807) is 0 Å². The Bertz CT molecular complexity index is 618. The Morgan fingerprint density at radius 1 is 0.875 bits per heavy atom. The second kappa shape index (κ2) is 3.74. The minimum absolute atomic E-state index is 1.01. The fourth-order valence-corrected chi connectivity index (χ4v) is 1.79. The van der Waals surface area contributed by atoms with Crippen LogP contribution in [0.1, 0.15) is 0 Å². The van der Waals surface area contributed by atoms with Crippen molar-refractivity contribution >= 4 is 5.52 Å². The van der Waals surface area contributed by atoms with E-state index in [0.29, 0.717) is 0 Å². The van der Waals surface area contributed by atoms with Crippen LogP contribution in [0.4, 0.5) is 0 Å². The van der Waals surface area contributed by atoms with Gasteiger partial charge in [-0.2, -0.15) is 4.40 Å². The van der Waals surface area contributed by atoms with Gasteiger partial charge in [-0.1, -0.05) is 6.07 Å². The molecule has 0 atom stereocenters. The Morgan fingerprint density at radius 3 is 2.69 bits per heavy atom. The molecule has 0 bridgehead atoms. The normalized spacial score (nSPS) is 10.5. The summed E-state index contributed by atoms with van der Waals surface area (Å²) in [4.78, 5) is 4.35. The van der Waals surface area contributed by atoms with E-state index in [-0.39, 0.29) is 0 Å². The lowest BCUT2D eigenvalue weighted by Gasteiger charge is -1.98. The van der Waals surface area contributed by atoms with E-state index < -0.39 is 0 Å². The highest BCUT2D eigenvalue weighted by atomic mass is 14.8. The summed E-state index contributed by atoms with van der Waals surface area (Å²) in [6.07, 6.45) is 5.91. The Hall–Kier alpha value is -2.22. The van der Waals surface area contributed by atoms with Gasteiger partial charge in [-0.15, -0.1) is 0 Å². The van der Waals surface area contributed by atoms with Crippen LogP contribution in [0.3, 0.4) is 0 Å². The third kappa shape index (κ3) is 1.54. The third-order valence-electron chi connectivity index (χ3n) is 2.60. The summed E-state index contributed by atoms with van der Waals surface area (Å²) in [5.41, 5.74) is 3.33. The molecule has 16 heavy (non-hydrogen) atoms. The molecule has 0 aromatic carbocycles. The number of rotatable bonds is 1. The molecule has 0 fully saturated rings. The zero-order valence-electron chi connectivity index (χ0n) is 8.75. The molecule has 3 rings (SSSR count). The standard InChI is InChI=1S/C14H11N2/c1-3-8-15-14(6-1)12-7-10-16-9-4-2-5-13(16)11-12/h1-11H/q+1. The monoisotopic (exact) mass is 207 g/mol. The second-order valence-corrected chi connectivity index (χ2v) is 3.66. The molecule has 2 heteroatoms. The number of aromatic nitrogens is 2. The zero-order chi connectivity index (χ0) is 10.8. The summed E-state index contributed by atoms with van der Waals surface area (Å²) in [5.74, 6) is 0. The lowest BCUT2D eigenvalue weighted by atomic mass is 10.1. The zero-order valence-corrected chi connectivity index (χ0v) is 8.75. The molecule has 0 aliphatic heterocycles. The highest BCUT2D eigenvalue weighted by molar-refractivity contribution is 5.62. The van der Waals surface area contributed by atoms with E-state index in [9.17, 15) is 0 Å². The van der Waals surface area contributed by atoms with Gasteiger partial charge in [-0.3, -0.25) is 4.98 Å². The Labute approximate surface area is 93.8 Å². The molecular weight excluding hydrogens is 196 g/mol. The van der Waals surface area contributed by atoms with Crippen molar-refractivity contribution < 1.29 is 4.40 Å². The molecule has 0 radical (unpaired) electrons. The van der Waals surface area contributed by atoms with Crippen LogP contribution in [-0.2, 0) is 0 Å². The first-order valence-electron chi connectivity index (χ1n) is 5.25. The molecule has 2 nitrogen and oxygen atoms in total. The van der Waals surface area contributed by atoms with E-state index in [2.05, 4.69) is 33.8 Å². The maximum Gasteiger partial charge on any atom is 0.211 e. The van der Waals surface area contributed by atoms with Crippen molar-refractivity contribution in [3.8, 4) is 11.3 Å². The summed E-state index contributed by atoms with van der Waals surface area (Å²) in [7, 11) is 0. The van der Waals surface area contributed by atoms with Crippen LogP contribution in [0.2, 0.25) is 0 Å². The van der Waals surface area contributed by atoms with Gasteiger partial charge in [0.15, 0.2) is 12.4 Å². The van der Waals surface area contributed by atoms with Gasteiger partial charge >= 0.3 is 0 Å². The fourth-order valence-electron chi connectivity index (χ4n) is 1.79. The molecule has 0 saturated carbocycles. The van der Waals surface area contributed by atoms with Crippen molar-refractivity contribution in [2.75, 3.05) is 0 Å². The van der Waals surface area contributed by atoms with Gasteiger partial charge in [-0.25, -0.2) is 0 Å². The average molecular weight is 207 g/mol. The molecule has 0 spiro atoms. The number of nitrogens with zero attached hydrogens (tertiary/aromatic N) is 2. The lowest BCUT2D eigenvalue weighted by molar-refractivity contribution is -0.511. The van der Waals surface area contributed by atoms with Crippen molar-refractivity contribution in [2.24, 2.45) is 0 Å². The van der Waals surface area contributed by atoms with Crippen LogP contribution in [0.5, 0.6) is 0 Å². The fraction of sp³-hybridized carbons (Fsp3) is 0. The molecule has 0 unspecified atom stereocenters. The van der Waals surface area contributed by atoms with Crippen LogP contribution in [0.25, 0.3) is 16.8 Å². The van der Waals surface area contributed by atoms with E-state index in [0.717, 1.165) is 11.3 Å². The van der Waals surface area contributed by atoms with Crippen LogP contribution in [0.15, 0.2) is 67.1 Å². The molecule has 0 saturated heterocycles. The summed E-state index contributed by atoms with van der Waals surface area (Å²) in [6.45, 7) is 0. The van der Waals surface area contributed by atoms with Gasteiger partial charge in [0, 0.05) is 36.0 Å². The molecule has 3 heterocycles. The Morgan fingerprint density at radius 2 is 1.81 bits per heavy atom. The highest BCUT2D eigenvalue weighted by Gasteiger charge is 2.04. The van der Waals surface area contributed by atoms with Crippen LogP contribution in [-0.4, -0.2) is 4.98 Å². The first-order valence-corrected chi connectivity index (χ1v) is 5.25. The number of pyridine rings is 3. The van der Waals surface area contributed by atoms with E-state index >= 15 is 0 Å². The predicted octanol–water partition coefficient (Wildman–Crippen LogP) is 2.49. The van der Waals surface area contributed by atoms with Crippen molar-refractivity contribution in [1.82, 2.24) is 4.98 Å². The SMILES string of the molecule is c1ccc(-c2cc[n+]3ccccc3c2)nc1. The van der Waals surface area contributed by atoms with Crippen LogP contribution >= 0.6 is 0 Å². The summed E-state index contributed by atoms with van der Waals surface area (Å²) in [5, 5.41) is 0. The lowest BCUT2D eigenvalue weighted by Crippen LogP contribution is -2.19. The maximum atomic E-state index is 4.35. The van der Waals surface area contributed by atoms with E-state index in [1.807, 2.05) is 42.7 Å². The first-order chi connectivity index (χ1) is 7.93. The van der Waals surface area contributed by atoms with Crippen molar-refractivity contribution in [3.63, 3.8) is 0 Å². The van der Waals surface area contributed by atoms with Gasteiger partial charge in [0.1, 0.15) is 0 Å². The van der Waals surface area contributed by atoms with Crippen LogP contribution < -0.4 is 4.40 Å². The van der Waals surface area contributed by atoms with Gasteiger partial charge in [0.2, 0.25) is 5.52 Å². The smallest absolute Gasteiger partial charge is 0.211 e. The maximum absolute atomic E-state index is 4.35. The van der Waals surface area contributed by atoms with E-state index in [4.69, 9.17) is 0 Å². The van der Waals surface area contributed by atoms with Crippen LogP contribution in [0, 0.1) is 0 Å². The number of hydrogen-bond acceptors (Lipinski definition) is 1. The molecule has 3 aromatic rings. The van der Waals surface area contributed by atoms with E-state index in [1.165, 1.54) is 5.52 Å². The second-order valence-electron chi connectivity index (χ2n) is 3.66. The van der Waals surface area contributed by atoms with Gasteiger partial charge in [0.05, 0.1) is 5.69 Å². The molecular formula is C14H11N2+. The van der Waals surface area contributed by atoms with Gasteiger partial charge < -0.3 is 0 Å². The molecule has 0 amide bonds. The Kier molecular flexibility index (Phi) is 2.11. The predicted molar refractivity (Wildman–Crippen MR) is 62.8 cm³/mol. The number of fused-ring (bicyclic) bond motifs is 1. The minimum Gasteiger partial charge on any atom is -0.256 e.